The van der Waals surface area contributed by atoms with Gasteiger partial charge in [0, 0.05) is 11.0 Å². The Balaban J connectivity index is 1.71. The minimum absolute atomic E-state index is 0.167. The Morgan fingerprint density at radius 3 is 2.38 bits per heavy atom. The largest absolute Gasteiger partial charge is 0.390 e. The van der Waals surface area contributed by atoms with E-state index >= 15 is 0 Å². The van der Waals surface area contributed by atoms with Gasteiger partial charge >= 0.3 is 0 Å². The number of thioether (sulfide) groups is 1. The van der Waals surface area contributed by atoms with Gasteiger partial charge in [0.1, 0.15) is 5.60 Å². The second-order valence-corrected chi connectivity index (χ2v) is 12.2. The summed E-state index contributed by atoms with van der Waals surface area (Å²) in [4.78, 5) is 0. The molecule has 0 aromatic carbocycles. The molecule has 0 unspecified atom stereocenters. The predicted octanol–water partition coefficient (Wildman–Crippen LogP) is 4.92. The summed E-state index contributed by atoms with van der Waals surface area (Å²) in [7, 11) is 0. The molecule has 0 amide bonds. The van der Waals surface area contributed by atoms with Crippen LogP contribution in [0.5, 0.6) is 0 Å². The maximum absolute atomic E-state index is 10.7. The number of fused-ring (bicyclic) bond motifs is 1. The maximum Gasteiger partial charge on any atom is 0.114 e. The molecule has 5 atom stereocenters. The van der Waals surface area contributed by atoms with E-state index in [0.29, 0.717) is 24.0 Å². The number of aliphatic hydroxyl groups is 4. The summed E-state index contributed by atoms with van der Waals surface area (Å²) >= 11 is 1.89. The Morgan fingerprint density at radius 2 is 1.78 bits per heavy atom. The fraction of sp³-hybridized carbons (Fsp3) is 0.778. The lowest BCUT2D eigenvalue weighted by molar-refractivity contribution is -0.144. The standard InChI is InChI=1S/C27H44O4S/c1-6-27(31,7-2)17-32-18(3)21-12-13-22-20(9-8-14-25(21,22)4)11-10-19-15-23(28)26(5,30)24(29)16-19/h10-12,18,22-24,28-31H,6-9,13-17H2,1-5H3/b19-10?,20-11+/t18-,22+,23-,24-,25-,26?/m1/s1. The number of allylic oxidation sites excluding steroid dienone is 4. The lowest BCUT2D eigenvalue weighted by atomic mass is 9.63. The molecule has 0 spiro atoms. The fourth-order valence-electron chi connectivity index (χ4n) is 5.88. The highest BCUT2D eigenvalue weighted by Crippen LogP contribution is 2.57. The minimum atomic E-state index is -1.44. The first-order valence-electron chi connectivity index (χ1n) is 12.5. The normalized spacial score (nSPS) is 37.9. The van der Waals surface area contributed by atoms with Crippen molar-refractivity contribution in [2.75, 3.05) is 5.75 Å². The molecule has 5 heteroatoms. The van der Waals surface area contributed by atoms with Gasteiger partial charge in [0.2, 0.25) is 0 Å². The second-order valence-electron chi connectivity index (χ2n) is 10.8. The maximum atomic E-state index is 10.7. The van der Waals surface area contributed by atoms with Crippen molar-refractivity contribution in [1.82, 2.24) is 0 Å². The molecule has 3 aliphatic carbocycles. The van der Waals surface area contributed by atoms with Crippen LogP contribution in [0.4, 0.5) is 0 Å². The van der Waals surface area contributed by atoms with Crippen LogP contribution in [0.3, 0.4) is 0 Å². The minimum Gasteiger partial charge on any atom is -0.390 e. The van der Waals surface area contributed by atoms with E-state index in [0.717, 1.165) is 37.0 Å². The molecule has 2 fully saturated rings. The number of aliphatic hydroxyl groups excluding tert-OH is 2. The van der Waals surface area contributed by atoms with E-state index in [1.807, 2.05) is 11.8 Å². The van der Waals surface area contributed by atoms with E-state index < -0.39 is 23.4 Å². The Morgan fingerprint density at radius 1 is 1.16 bits per heavy atom. The molecular formula is C27H44O4S. The number of hydrogen-bond acceptors (Lipinski definition) is 5. The van der Waals surface area contributed by atoms with Gasteiger partial charge in [0.25, 0.3) is 0 Å². The summed E-state index contributed by atoms with van der Waals surface area (Å²) in [5.74, 6) is 1.28. The molecule has 4 nitrogen and oxygen atoms in total. The zero-order valence-corrected chi connectivity index (χ0v) is 21.4. The first kappa shape index (κ1) is 26.0. The number of hydrogen-bond donors (Lipinski definition) is 4. The molecule has 0 aromatic heterocycles. The summed E-state index contributed by atoms with van der Waals surface area (Å²) in [5, 5.41) is 41.8. The van der Waals surface area contributed by atoms with E-state index in [9.17, 15) is 20.4 Å². The van der Waals surface area contributed by atoms with Crippen molar-refractivity contribution in [3.05, 3.63) is 34.9 Å². The molecule has 2 saturated carbocycles. The molecule has 182 valence electrons. The van der Waals surface area contributed by atoms with Gasteiger partial charge in [-0.05, 0) is 76.5 Å². The van der Waals surface area contributed by atoms with Crippen molar-refractivity contribution >= 4 is 11.8 Å². The van der Waals surface area contributed by atoms with E-state index in [4.69, 9.17) is 0 Å². The van der Waals surface area contributed by atoms with Gasteiger partial charge in [-0.2, -0.15) is 11.8 Å². The molecule has 0 aromatic rings. The first-order chi connectivity index (χ1) is 15.0. The molecular weight excluding hydrogens is 420 g/mol. The third-order valence-corrected chi connectivity index (χ3v) is 10.2. The van der Waals surface area contributed by atoms with Crippen molar-refractivity contribution < 1.29 is 20.4 Å². The highest BCUT2D eigenvalue weighted by molar-refractivity contribution is 8.00. The molecule has 0 saturated heterocycles. The molecule has 4 N–H and O–H groups in total. The molecule has 0 aliphatic heterocycles. The summed E-state index contributed by atoms with van der Waals surface area (Å²) in [6.07, 6.45) is 11.8. The summed E-state index contributed by atoms with van der Waals surface area (Å²) in [5.41, 5.74) is 2.18. The van der Waals surface area contributed by atoms with Crippen molar-refractivity contribution in [3.8, 4) is 0 Å². The van der Waals surface area contributed by atoms with Crippen LogP contribution in [0.1, 0.15) is 86.0 Å². The van der Waals surface area contributed by atoms with E-state index in [1.54, 1.807) is 5.57 Å². The number of rotatable bonds is 7. The van der Waals surface area contributed by atoms with Gasteiger partial charge in [-0.15, -0.1) is 0 Å². The molecule has 3 rings (SSSR count). The topological polar surface area (TPSA) is 80.9 Å². The van der Waals surface area contributed by atoms with Gasteiger partial charge in [0.05, 0.1) is 17.8 Å². The van der Waals surface area contributed by atoms with Gasteiger partial charge in [-0.3, -0.25) is 0 Å². The average molecular weight is 465 g/mol. The van der Waals surface area contributed by atoms with Gasteiger partial charge in [-0.1, -0.05) is 55.7 Å². The molecule has 3 aliphatic rings. The van der Waals surface area contributed by atoms with Crippen LogP contribution in [0.25, 0.3) is 0 Å². The van der Waals surface area contributed by atoms with E-state index in [2.05, 4.69) is 45.9 Å². The molecule has 0 radical (unpaired) electrons. The zero-order chi connectivity index (χ0) is 23.7. The molecule has 0 bridgehead atoms. The molecule has 0 heterocycles. The highest BCUT2D eigenvalue weighted by atomic mass is 32.2. The lowest BCUT2D eigenvalue weighted by Gasteiger charge is -2.43. The van der Waals surface area contributed by atoms with Gasteiger partial charge in [-0.25, -0.2) is 0 Å². The summed E-state index contributed by atoms with van der Waals surface area (Å²) in [6.45, 7) is 10.4. The highest BCUT2D eigenvalue weighted by Gasteiger charge is 2.46. The second kappa shape index (κ2) is 9.95. The Hall–Kier alpha value is -0.590. The SMILES string of the molecule is CCC(O)(CC)CS[C@H](C)C1=CC[C@H]2/C(=C/C=C3C[C@@H](O)C(C)(O)[C@H](O)C3)CCC[C@]12C. The monoisotopic (exact) mass is 464 g/mol. The average Bonchev–Trinajstić information content (AvgIpc) is 3.12. The Kier molecular flexibility index (Phi) is 8.09. The third kappa shape index (κ3) is 5.07. The van der Waals surface area contributed by atoms with Crippen molar-refractivity contribution in [2.24, 2.45) is 11.3 Å². The predicted molar refractivity (Wildman–Crippen MR) is 134 cm³/mol. The van der Waals surface area contributed by atoms with E-state index in [-0.39, 0.29) is 5.41 Å². The smallest absolute Gasteiger partial charge is 0.114 e. The summed E-state index contributed by atoms with van der Waals surface area (Å²) < 4.78 is 0. The third-order valence-electron chi connectivity index (χ3n) is 8.76. The zero-order valence-electron chi connectivity index (χ0n) is 20.6. The Bertz CT molecular complexity index is 748. The first-order valence-corrected chi connectivity index (χ1v) is 13.5. The summed E-state index contributed by atoms with van der Waals surface area (Å²) in [6, 6.07) is 0. The van der Waals surface area contributed by atoms with Gasteiger partial charge in [0.15, 0.2) is 0 Å². The molecule has 32 heavy (non-hydrogen) atoms. The van der Waals surface area contributed by atoms with Gasteiger partial charge < -0.3 is 20.4 Å². The lowest BCUT2D eigenvalue weighted by Crippen LogP contribution is -2.52. The van der Waals surface area contributed by atoms with Crippen LogP contribution >= 0.6 is 11.8 Å². The van der Waals surface area contributed by atoms with Crippen molar-refractivity contribution in [3.63, 3.8) is 0 Å². The van der Waals surface area contributed by atoms with Crippen LogP contribution < -0.4 is 0 Å². The van der Waals surface area contributed by atoms with Crippen LogP contribution in [0.2, 0.25) is 0 Å². The fourth-order valence-corrected chi connectivity index (χ4v) is 7.40. The van der Waals surface area contributed by atoms with Crippen LogP contribution in [-0.4, -0.2) is 54.8 Å². The van der Waals surface area contributed by atoms with Crippen LogP contribution in [-0.2, 0) is 0 Å². The van der Waals surface area contributed by atoms with E-state index in [1.165, 1.54) is 25.3 Å². The Labute approximate surface area is 198 Å². The quantitative estimate of drug-likeness (QED) is 0.402. The van der Waals surface area contributed by atoms with Crippen molar-refractivity contribution in [2.45, 2.75) is 115 Å². The van der Waals surface area contributed by atoms with Crippen LogP contribution in [0.15, 0.2) is 34.9 Å². The van der Waals surface area contributed by atoms with Crippen molar-refractivity contribution in [1.29, 1.82) is 0 Å². The van der Waals surface area contributed by atoms with Crippen LogP contribution in [0, 0.1) is 11.3 Å².